The van der Waals surface area contributed by atoms with Crippen molar-refractivity contribution >= 4 is 26.9 Å². The molecule has 0 radical (unpaired) electrons. The molecule has 4 N–H and O–H groups in total. The fraction of sp³-hybridized carbons (Fsp3) is 0.167. The van der Waals surface area contributed by atoms with E-state index in [9.17, 15) is 0 Å². The van der Waals surface area contributed by atoms with Gasteiger partial charge in [-0.05, 0) is 35.4 Å². The lowest BCUT2D eigenvalue weighted by atomic mass is 10.0. The lowest BCUT2D eigenvalue weighted by molar-refractivity contribution is 0.381. The summed E-state index contributed by atoms with van der Waals surface area (Å²) in [5.74, 6) is 0. The number of aryl methyl sites for hydroxylation is 2. The van der Waals surface area contributed by atoms with E-state index in [0.29, 0.717) is 0 Å². The Morgan fingerprint density at radius 2 is 1.56 bits per heavy atom. The molecule has 0 amide bonds. The number of benzene rings is 2. The van der Waals surface area contributed by atoms with Gasteiger partial charge in [0.25, 0.3) is 0 Å². The van der Waals surface area contributed by atoms with Crippen molar-refractivity contribution in [1.29, 1.82) is 0 Å². The predicted octanol–water partition coefficient (Wildman–Crippen LogP) is 1.87. The number of nitrogen functional groups attached to an aromatic ring is 1. The molecule has 6 heteroatoms. The fourth-order valence-corrected chi connectivity index (χ4v) is 2.27. The zero-order valence-electron chi connectivity index (χ0n) is 9.50. The molecule has 1 aliphatic rings. The van der Waals surface area contributed by atoms with Crippen LogP contribution in [0.15, 0.2) is 30.3 Å². The summed E-state index contributed by atoms with van der Waals surface area (Å²) in [6, 6.07) is 10.6. The van der Waals surface area contributed by atoms with Gasteiger partial charge in [-0.15, -0.1) is 0 Å². The topological polar surface area (TPSA) is 101 Å². The summed E-state index contributed by atoms with van der Waals surface area (Å²) in [4.78, 5) is 0. The van der Waals surface area contributed by atoms with Gasteiger partial charge in [-0.3, -0.25) is 9.11 Å². The molecule has 18 heavy (non-hydrogen) atoms. The molecule has 2 aromatic carbocycles. The minimum absolute atomic E-state index is 0.905. The van der Waals surface area contributed by atoms with Gasteiger partial charge in [0.2, 0.25) is 0 Å². The lowest BCUT2D eigenvalue weighted by Gasteiger charge is -2.03. The average molecular weight is 267 g/mol. The van der Waals surface area contributed by atoms with E-state index in [1.165, 1.54) is 34.7 Å². The largest absolute Gasteiger partial charge is 0.398 e. The Labute approximate surface area is 105 Å². The summed E-state index contributed by atoms with van der Waals surface area (Å²) in [5.41, 5.74) is 9.74. The summed E-state index contributed by atoms with van der Waals surface area (Å²) in [6.45, 7) is 0. The third-order valence-electron chi connectivity index (χ3n) is 2.91. The highest BCUT2D eigenvalue weighted by atomic mass is 32.3. The number of hydrogen-bond donors (Lipinski definition) is 3. The Morgan fingerprint density at radius 1 is 1.00 bits per heavy atom. The van der Waals surface area contributed by atoms with Crippen molar-refractivity contribution in [3.05, 3.63) is 41.5 Å². The highest BCUT2D eigenvalue weighted by Crippen LogP contribution is 2.33. The van der Waals surface area contributed by atoms with Crippen LogP contribution in [0.5, 0.6) is 0 Å². The van der Waals surface area contributed by atoms with Gasteiger partial charge in [-0.1, -0.05) is 24.3 Å². The summed E-state index contributed by atoms with van der Waals surface area (Å²) in [7, 11) is -4.67. The van der Waals surface area contributed by atoms with E-state index in [1.807, 2.05) is 6.07 Å². The van der Waals surface area contributed by atoms with Crippen LogP contribution >= 0.6 is 0 Å². The normalized spacial score (nSPS) is 13.2. The van der Waals surface area contributed by atoms with Crippen molar-refractivity contribution in [1.82, 2.24) is 0 Å². The van der Waals surface area contributed by atoms with E-state index < -0.39 is 10.4 Å². The molecule has 96 valence electrons. The van der Waals surface area contributed by atoms with Crippen molar-refractivity contribution in [3.63, 3.8) is 0 Å². The van der Waals surface area contributed by atoms with Crippen LogP contribution in [0.4, 0.5) is 5.69 Å². The maximum absolute atomic E-state index is 8.74. The van der Waals surface area contributed by atoms with Gasteiger partial charge in [0, 0.05) is 11.1 Å². The van der Waals surface area contributed by atoms with Gasteiger partial charge in [-0.25, -0.2) is 0 Å². The second kappa shape index (κ2) is 4.56. The standard InChI is InChI=1S/C12H11N.H2O4S/c13-11-7-6-9-5-4-8-2-1-3-10(11)12(8)9;1-5(2,3)4/h1-3,6-7H,4-5,13H2;(H2,1,2,3,4). The van der Waals surface area contributed by atoms with Gasteiger partial charge in [0.15, 0.2) is 0 Å². The lowest BCUT2D eigenvalue weighted by Crippen LogP contribution is -1.89. The van der Waals surface area contributed by atoms with Crippen LogP contribution < -0.4 is 5.73 Å². The molecule has 5 nitrogen and oxygen atoms in total. The zero-order valence-corrected chi connectivity index (χ0v) is 10.3. The number of anilines is 1. The monoisotopic (exact) mass is 267 g/mol. The van der Waals surface area contributed by atoms with E-state index in [-0.39, 0.29) is 0 Å². The van der Waals surface area contributed by atoms with Crippen molar-refractivity contribution in [2.24, 2.45) is 0 Å². The molecule has 0 heterocycles. The van der Waals surface area contributed by atoms with Gasteiger partial charge >= 0.3 is 10.4 Å². The molecule has 3 rings (SSSR count). The SMILES string of the molecule is Nc1ccc2c3c(cccc13)CC2.O=S(=O)(O)O. The summed E-state index contributed by atoms with van der Waals surface area (Å²) < 4.78 is 31.6. The minimum atomic E-state index is -4.67. The molecule has 0 aliphatic heterocycles. The van der Waals surface area contributed by atoms with Crippen molar-refractivity contribution < 1.29 is 17.5 Å². The van der Waals surface area contributed by atoms with E-state index in [2.05, 4.69) is 24.3 Å². The molecule has 2 aromatic rings. The molecule has 1 aliphatic carbocycles. The fourth-order valence-electron chi connectivity index (χ4n) is 2.27. The maximum atomic E-state index is 8.74. The van der Waals surface area contributed by atoms with E-state index in [0.717, 1.165) is 5.69 Å². The Hall–Kier alpha value is -1.63. The van der Waals surface area contributed by atoms with Gasteiger partial charge in [-0.2, -0.15) is 8.42 Å². The number of hydrogen-bond acceptors (Lipinski definition) is 3. The van der Waals surface area contributed by atoms with E-state index in [4.69, 9.17) is 23.3 Å². The van der Waals surface area contributed by atoms with Crippen LogP contribution in [0.1, 0.15) is 11.1 Å². The Bertz CT molecular complexity index is 676. The second-order valence-corrected chi connectivity index (χ2v) is 5.00. The summed E-state index contributed by atoms with van der Waals surface area (Å²) in [5, 5.41) is 2.63. The predicted molar refractivity (Wildman–Crippen MR) is 69.9 cm³/mol. The van der Waals surface area contributed by atoms with Crippen LogP contribution in [-0.2, 0) is 23.2 Å². The van der Waals surface area contributed by atoms with Crippen LogP contribution in [0, 0.1) is 0 Å². The summed E-state index contributed by atoms with van der Waals surface area (Å²) in [6.07, 6.45) is 2.35. The molecule has 0 atom stereocenters. The first-order valence-corrected chi connectivity index (χ1v) is 6.75. The molecule has 0 bridgehead atoms. The first-order chi connectivity index (χ1) is 8.36. The average Bonchev–Trinajstić information content (AvgIpc) is 2.66. The molecule has 0 unspecified atom stereocenters. The van der Waals surface area contributed by atoms with Crippen LogP contribution in [0.2, 0.25) is 0 Å². The number of nitrogens with two attached hydrogens (primary N) is 1. The third-order valence-corrected chi connectivity index (χ3v) is 2.91. The zero-order chi connectivity index (χ0) is 13.3. The quantitative estimate of drug-likeness (QED) is 0.499. The Morgan fingerprint density at radius 3 is 2.17 bits per heavy atom. The molecular weight excluding hydrogens is 254 g/mol. The van der Waals surface area contributed by atoms with Gasteiger partial charge in [0.05, 0.1) is 0 Å². The van der Waals surface area contributed by atoms with Crippen molar-refractivity contribution in [2.75, 3.05) is 5.73 Å². The first-order valence-electron chi connectivity index (χ1n) is 5.35. The first kappa shape index (κ1) is 12.8. The van der Waals surface area contributed by atoms with Crippen LogP contribution in [0.25, 0.3) is 10.8 Å². The van der Waals surface area contributed by atoms with E-state index >= 15 is 0 Å². The van der Waals surface area contributed by atoms with Crippen molar-refractivity contribution in [2.45, 2.75) is 12.8 Å². The van der Waals surface area contributed by atoms with Crippen molar-refractivity contribution in [3.8, 4) is 0 Å². The summed E-state index contributed by atoms with van der Waals surface area (Å²) >= 11 is 0. The van der Waals surface area contributed by atoms with Gasteiger partial charge < -0.3 is 5.73 Å². The smallest absolute Gasteiger partial charge is 0.394 e. The highest BCUT2D eigenvalue weighted by molar-refractivity contribution is 7.79. The Kier molecular flexibility index (Phi) is 3.25. The van der Waals surface area contributed by atoms with Crippen LogP contribution in [-0.4, -0.2) is 17.5 Å². The molecule has 0 aromatic heterocycles. The second-order valence-electron chi connectivity index (χ2n) is 4.10. The molecule has 0 fully saturated rings. The van der Waals surface area contributed by atoms with E-state index in [1.54, 1.807) is 0 Å². The van der Waals surface area contributed by atoms with Crippen LogP contribution in [0.3, 0.4) is 0 Å². The molecule has 0 saturated carbocycles. The minimum Gasteiger partial charge on any atom is -0.398 e. The maximum Gasteiger partial charge on any atom is 0.394 e. The molecule has 0 saturated heterocycles. The Balaban J connectivity index is 0.000000209. The highest BCUT2D eigenvalue weighted by Gasteiger charge is 2.14. The third kappa shape index (κ3) is 2.79. The molecule has 0 spiro atoms. The van der Waals surface area contributed by atoms with Gasteiger partial charge in [0.1, 0.15) is 0 Å². The number of rotatable bonds is 0. The molecular formula is C12H13NO4S.